The Balaban J connectivity index is 2.85. The van der Waals surface area contributed by atoms with Crippen LogP contribution >= 0.6 is 0 Å². The van der Waals surface area contributed by atoms with Crippen LogP contribution in [-0.4, -0.2) is 21.3 Å². The van der Waals surface area contributed by atoms with Gasteiger partial charge in [0, 0.05) is 0 Å². The third kappa shape index (κ3) is 2.03. The summed E-state index contributed by atoms with van der Waals surface area (Å²) in [6, 6.07) is -0.373. The molecule has 6 heteroatoms. The number of carboxylic acids is 1. The lowest BCUT2D eigenvalue weighted by Gasteiger charge is -1.98. The third-order valence-electron chi connectivity index (χ3n) is 1.59. The van der Waals surface area contributed by atoms with Crippen molar-refractivity contribution in [3.63, 3.8) is 0 Å². The summed E-state index contributed by atoms with van der Waals surface area (Å²) >= 11 is 0. The molecule has 0 saturated carbocycles. The molecule has 1 aromatic heterocycles. The maximum Gasteiger partial charge on any atom is 0.315 e. The molecule has 2 atom stereocenters. The average molecular weight is 185 g/mol. The van der Waals surface area contributed by atoms with Crippen LogP contribution in [0.1, 0.15) is 37.6 Å². The van der Waals surface area contributed by atoms with Gasteiger partial charge in [0.2, 0.25) is 11.8 Å². The van der Waals surface area contributed by atoms with Gasteiger partial charge in [-0.3, -0.25) is 4.79 Å². The fourth-order valence-corrected chi connectivity index (χ4v) is 0.711. The Morgan fingerprint density at radius 3 is 2.38 bits per heavy atom. The molecule has 3 N–H and O–H groups in total. The van der Waals surface area contributed by atoms with E-state index in [-0.39, 0.29) is 17.8 Å². The highest BCUT2D eigenvalue weighted by atomic mass is 16.4. The second-order valence-corrected chi connectivity index (χ2v) is 2.83. The molecule has 0 aromatic carbocycles. The quantitative estimate of drug-likeness (QED) is 0.701. The van der Waals surface area contributed by atoms with Gasteiger partial charge in [0.25, 0.3) is 0 Å². The van der Waals surface area contributed by atoms with E-state index < -0.39 is 11.9 Å². The first-order chi connectivity index (χ1) is 6.02. The maximum atomic E-state index is 10.5. The molecule has 2 unspecified atom stereocenters. The highest BCUT2D eigenvalue weighted by Crippen LogP contribution is 2.15. The molecule has 0 spiro atoms. The van der Waals surface area contributed by atoms with Crippen LogP contribution in [0.3, 0.4) is 0 Å². The van der Waals surface area contributed by atoms with Gasteiger partial charge >= 0.3 is 5.97 Å². The topological polar surface area (TPSA) is 102 Å². The van der Waals surface area contributed by atoms with Gasteiger partial charge in [-0.25, -0.2) is 0 Å². The van der Waals surface area contributed by atoms with Crippen molar-refractivity contribution in [1.82, 2.24) is 10.2 Å². The van der Waals surface area contributed by atoms with E-state index in [1.807, 2.05) is 0 Å². The molecule has 0 bridgehead atoms. The Labute approximate surface area is 74.8 Å². The van der Waals surface area contributed by atoms with Crippen molar-refractivity contribution < 1.29 is 14.3 Å². The molecule has 0 amide bonds. The number of rotatable bonds is 3. The molecule has 0 aliphatic heterocycles. The molecule has 0 saturated heterocycles. The second kappa shape index (κ2) is 3.53. The Bertz CT molecular complexity index is 308. The first-order valence-electron chi connectivity index (χ1n) is 3.84. The van der Waals surface area contributed by atoms with E-state index in [4.69, 9.17) is 15.3 Å². The third-order valence-corrected chi connectivity index (χ3v) is 1.59. The predicted molar refractivity (Wildman–Crippen MR) is 43.0 cm³/mol. The van der Waals surface area contributed by atoms with Crippen LogP contribution in [0, 0.1) is 0 Å². The van der Waals surface area contributed by atoms with Crippen LogP contribution in [0.4, 0.5) is 0 Å². The minimum absolute atomic E-state index is 0.0831. The number of nitrogens with two attached hydrogens (primary N) is 1. The first-order valence-corrected chi connectivity index (χ1v) is 3.84. The molecule has 0 aliphatic rings. The van der Waals surface area contributed by atoms with E-state index in [1.54, 1.807) is 6.92 Å². The minimum Gasteiger partial charge on any atom is -0.481 e. The van der Waals surface area contributed by atoms with Crippen LogP contribution in [0.5, 0.6) is 0 Å². The van der Waals surface area contributed by atoms with Gasteiger partial charge in [-0.05, 0) is 13.8 Å². The van der Waals surface area contributed by atoms with Gasteiger partial charge in [0.15, 0.2) is 0 Å². The van der Waals surface area contributed by atoms with Crippen molar-refractivity contribution in [2.45, 2.75) is 25.8 Å². The molecule has 72 valence electrons. The van der Waals surface area contributed by atoms with Crippen LogP contribution in [0.15, 0.2) is 4.42 Å². The number of carbonyl (C=O) groups is 1. The Hall–Kier alpha value is -1.43. The fourth-order valence-electron chi connectivity index (χ4n) is 0.711. The van der Waals surface area contributed by atoms with Crippen LogP contribution in [0.25, 0.3) is 0 Å². The minimum atomic E-state index is -1.00. The molecule has 0 fully saturated rings. The number of hydrogen-bond donors (Lipinski definition) is 2. The van der Waals surface area contributed by atoms with Crippen LogP contribution in [0.2, 0.25) is 0 Å². The monoisotopic (exact) mass is 185 g/mol. The Morgan fingerprint density at radius 1 is 1.46 bits per heavy atom. The fraction of sp³-hybridized carbons (Fsp3) is 0.571. The molecule has 0 aliphatic carbocycles. The zero-order chi connectivity index (χ0) is 10.0. The summed E-state index contributed by atoms with van der Waals surface area (Å²) in [7, 11) is 0. The van der Waals surface area contributed by atoms with E-state index in [2.05, 4.69) is 10.2 Å². The largest absolute Gasteiger partial charge is 0.481 e. The number of aliphatic carboxylic acids is 1. The van der Waals surface area contributed by atoms with Gasteiger partial charge < -0.3 is 15.3 Å². The van der Waals surface area contributed by atoms with Crippen molar-refractivity contribution in [3.05, 3.63) is 11.8 Å². The Kier molecular flexibility index (Phi) is 2.62. The number of carboxylic acid groups (broad SMARTS) is 1. The molecule has 1 heterocycles. The van der Waals surface area contributed by atoms with E-state index in [0.29, 0.717) is 0 Å². The lowest BCUT2D eigenvalue weighted by atomic mass is 10.2. The lowest BCUT2D eigenvalue weighted by Crippen LogP contribution is -2.07. The van der Waals surface area contributed by atoms with Crippen molar-refractivity contribution in [2.24, 2.45) is 5.73 Å². The van der Waals surface area contributed by atoms with Crippen molar-refractivity contribution >= 4 is 5.97 Å². The predicted octanol–water partition coefficient (Wildman–Crippen LogP) is 0.277. The summed E-state index contributed by atoms with van der Waals surface area (Å²) in [6.07, 6.45) is 0. The summed E-state index contributed by atoms with van der Waals surface area (Å²) in [5.74, 6) is -1.46. The normalized spacial score (nSPS) is 15.3. The van der Waals surface area contributed by atoms with Crippen molar-refractivity contribution in [1.29, 1.82) is 0 Å². The summed E-state index contributed by atoms with van der Waals surface area (Å²) in [6.45, 7) is 3.16. The van der Waals surface area contributed by atoms with Gasteiger partial charge in [0.05, 0.1) is 6.04 Å². The summed E-state index contributed by atoms with van der Waals surface area (Å²) in [5.41, 5.74) is 5.46. The molecule has 0 radical (unpaired) electrons. The zero-order valence-electron chi connectivity index (χ0n) is 7.39. The van der Waals surface area contributed by atoms with Crippen molar-refractivity contribution in [2.75, 3.05) is 0 Å². The average Bonchev–Trinajstić information content (AvgIpc) is 2.50. The standard InChI is InChI=1S/C7H11N3O3/c1-3(7(11)12)5-9-10-6(13-5)4(2)8/h3-4H,8H2,1-2H3,(H,11,12). The van der Waals surface area contributed by atoms with E-state index >= 15 is 0 Å². The molecule has 1 rings (SSSR count). The van der Waals surface area contributed by atoms with Gasteiger partial charge in [0.1, 0.15) is 5.92 Å². The summed E-state index contributed by atoms with van der Waals surface area (Å²) in [4.78, 5) is 10.5. The lowest BCUT2D eigenvalue weighted by molar-refractivity contribution is -0.138. The highest BCUT2D eigenvalue weighted by molar-refractivity contribution is 5.73. The SMILES string of the molecule is CC(N)c1nnc(C(C)C(=O)O)o1. The molecule has 6 nitrogen and oxygen atoms in total. The number of aromatic nitrogens is 2. The molecular formula is C7H11N3O3. The molecule has 13 heavy (non-hydrogen) atoms. The first kappa shape index (κ1) is 9.66. The molecular weight excluding hydrogens is 174 g/mol. The van der Waals surface area contributed by atoms with E-state index in [1.165, 1.54) is 6.92 Å². The number of hydrogen-bond acceptors (Lipinski definition) is 5. The smallest absolute Gasteiger partial charge is 0.315 e. The number of nitrogens with zero attached hydrogens (tertiary/aromatic N) is 2. The molecule has 1 aromatic rings. The highest BCUT2D eigenvalue weighted by Gasteiger charge is 2.21. The Morgan fingerprint density at radius 2 is 2.00 bits per heavy atom. The summed E-state index contributed by atoms with van der Waals surface area (Å²) in [5, 5.41) is 15.8. The van der Waals surface area contributed by atoms with Gasteiger partial charge in [-0.1, -0.05) is 0 Å². The van der Waals surface area contributed by atoms with Crippen molar-refractivity contribution in [3.8, 4) is 0 Å². The maximum absolute atomic E-state index is 10.5. The van der Waals surface area contributed by atoms with Gasteiger partial charge in [-0.2, -0.15) is 0 Å². The van der Waals surface area contributed by atoms with Gasteiger partial charge in [-0.15, -0.1) is 10.2 Å². The summed E-state index contributed by atoms with van der Waals surface area (Å²) < 4.78 is 5.04. The van der Waals surface area contributed by atoms with Crippen LogP contribution in [-0.2, 0) is 4.79 Å². The van der Waals surface area contributed by atoms with Crippen LogP contribution < -0.4 is 5.73 Å². The zero-order valence-corrected chi connectivity index (χ0v) is 7.39. The second-order valence-electron chi connectivity index (χ2n) is 2.83. The van der Waals surface area contributed by atoms with E-state index in [0.717, 1.165) is 0 Å². The van der Waals surface area contributed by atoms with E-state index in [9.17, 15) is 4.79 Å².